The predicted octanol–water partition coefficient (Wildman–Crippen LogP) is 5.36. The Labute approximate surface area is 220 Å². The van der Waals surface area contributed by atoms with Crippen molar-refractivity contribution in [2.75, 3.05) is 0 Å². The van der Waals surface area contributed by atoms with E-state index in [1.54, 1.807) is 12.1 Å². The van der Waals surface area contributed by atoms with Gasteiger partial charge < -0.3 is 4.98 Å². The van der Waals surface area contributed by atoms with Gasteiger partial charge in [-0.3, -0.25) is 9.69 Å². The van der Waals surface area contributed by atoms with Gasteiger partial charge in [0.05, 0.1) is 11.6 Å². The zero-order chi connectivity index (χ0) is 26.5. The largest absolute Gasteiger partial charge is 0.321 e. The molecule has 5 rings (SSSR count). The first-order chi connectivity index (χ1) is 18.5. The van der Waals surface area contributed by atoms with Gasteiger partial charge in [0.25, 0.3) is 5.56 Å². The molecule has 0 saturated heterocycles. The van der Waals surface area contributed by atoms with Crippen LogP contribution in [0.5, 0.6) is 0 Å². The molecule has 3 aromatic carbocycles. The molecule has 0 aliphatic heterocycles. The van der Waals surface area contributed by atoms with Gasteiger partial charge in [-0.25, -0.2) is 9.07 Å². The number of nitrogens with one attached hydrogen (secondary N) is 1. The number of nitrogens with zero attached hydrogens (tertiary/aromatic N) is 5. The van der Waals surface area contributed by atoms with Crippen LogP contribution in [0.1, 0.15) is 47.5 Å². The molecule has 0 spiro atoms. The molecule has 1 N–H and O–H groups in total. The molecule has 2 aromatic heterocycles. The van der Waals surface area contributed by atoms with Crippen LogP contribution >= 0.6 is 0 Å². The smallest absolute Gasteiger partial charge is 0.252 e. The van der Waals surface area contributed by atoms with Crippen LogP contribution < -0.4 is 5.56 Å². The van der Waals surface area contributed by atoms with Crippen molar-refractivity contribution in [2.24, 2.45) is 0 Å². The first kappa shape index (κ1) is 25.5. The monoisotopic (exact) mass is 510 g/mol. The van der Waals surface area contributed by atoms with Crippen molar-refractivity contribution in [2.45, 2.75) is 52.4 Å². The highest BCUT2D eigenvalue weighted by molar-refractivity contribution is 5.81. The van der Waals surface area contributed by atoms with Crippen LogP contribution in [0.2, 0.25) is 0 Å². The summed E-state index contributed by atoms with van der Waals surface area (Å²) in [6.07, 6.45) is 1.54. The Hall–Kier alpha value is -4.17. The average molecular weight is 511 g/mol. The standard InChI is InChI=1S/C30H31FN6O/c1-3-27(29-33-34-35-37(29)17-16-22-9-5-4-6-10-22)36(19-23-12-14-26(31)15-13-23)20-25-18-24-11-7-8-21(2)28(24)32-30(25)38/h4-15,18,27H,3,16-17,19-20H2,1-2H3,(H,32,38)/t27-/m0/s1. The molecule has 1 atom stereocenters. The lowest BCUT2D eigenvalue weighted by Gasteiger charge is -2.30. The molecule has 2 heterocycles. The van der Waals surface area contributed by atoms with E-state index < -0.39 is 0 Å². The average Bonchev–Trinajstić information content (AvgIpc) is 3.39. The fourth-order valence-electron chi connectivity index (χ4n) is 4.96. The van der Waals surface area contributed by atoms with E-state index in [2.05, 4.69) is 44.5 Å². The number of rotatable bonds is 10. The fraction of sp³-hybridized carbons (Fsp3) is 0.267. The molecule has 0 unspecified atom stereocenters. The third kappa shape index (κ3) is 5.70. The summed E-state index contributed by atoms with van der Waals surface area (Å²) in [7, 11) is 0. The predicted molar refractivity (Wildman–Crippen MR) is 146 cm³/mol. The number of tetrazole rings is 1. The van der Waals surface area contributed by atoms with E-state index in [0.717, 1.165) is 40.7 Å². The Bertz CT molecular complexity index is 1560. The van der Waals surface area contributed by atoms with E-state index in [9.17, 15) is 9.18 Å². The number of H-pyrrole nitrogens is 1. The molecule has 0 fully saturated rings. The Morgan fingerprint density at radius 3 is 2.53 bits per heavy atom. The third-order valence-corrected chi connectivity index (χ3v) is 6.98. The van der Waals surface area contributed by atoms with Gasteiger partial charge in [0.2, 0.25) is 0 Å². The minimum Gasteiger partial charge on any atom is -0.321 e. The van der Waals surface area contributed by atoms with E-state index in [1.807, 2.05) is 54.1 Å². The van der Waals surface area contributed by atoms with Crippen molar-refractivity contribution in [3.05, 3.63) is 123 Å². The van der Waals surface area contributed by atoms with Gasteiger partial charge in [0.15, 0.2) is 5.82 Å². The zero-order valence-electron chi connectivity index (χ0n) is 21.6. The Kier molecular flexibility index (Phi) is 7.70. The minimum absolute atomic E-state index is 0.116. The Morgan fingerprint density at radius 1 is 0.974 bits per heavy atom. The number of halogens is 1. The number of aromatic amines is 1. The van der Waals surface area contributed by atoms with Crippen LogP contribution in [0.15, 0.2) is 83.7 Å². The van der Waals surface area contributed by atoms with Gasteiger partial charge in [-0.2, -0.15) is 0 Å². The van der Waals surface area contributed by atoms with Crippen molar-refractivity contribution in [3.8, 4) is 0 Å². The summed E-state index contributed by atoms with van der Waals surface area (Å²) < 4.78 is 15.5. The number of hydrogen-bond acceptors (Lipinski definition) is 5. The maximum absolute atomic E-state index is 13.6. The van der Waals surface area contributed by atoms with Crippen LogP contribution in [-0.2, 0) is 26.1 Å². The van der Waals surface area contributed by atoms with Gasteiger partial charge in [-0.1, -0.05) is 67.6 Å². The normalized spacial score (nSPS) is 12.3. The molecule has 38 heavy (non-hydrogen) atoms. The molecular weight excluding hydrogens is 479 g/mol. The Balaban J connectivity index is 1.48. The summed E-state index contributed by atoms with van der Waals surface area (Å²) in [5.74, 6) is 0.470. The molecule has 0 saturated carbocycles. The van der Waals surface area contributed by atoms with Crippen LogP contribution in [0, 0.1) is 12.7 Å². The highest BCUT2D eigenvalue weighted by atomic mass is 19.1. The number of aryl methyl sites for hydroxylation is 3. The van der Waals surface area contributed by atoms with Crippen LogP contribution in [0.4, 0.5) is 4.39 Å². The molecule has 0 amide bonds. The van der Waals surface area contributed by atoms with Gasteiger partial charge >= 0.3 is 0 Å². The summed E-state index contributed by atoms with van der Waals surface area (Å²) in [5.41, 5.74) is 4.58. The molecule has 0 aliphatic rings. The van der Waals surface area contributed by atoms with Gasteiger partial charge in [0, 0.05) is 25.2 Å². The van der Waals surface area contributed by atoms with Crippen molar-refractivity contribution < 1.29 is 4.39 Å². The van der Waals surface area contributed by atoms with Crippen molar-refractivity contribution in [3.63, 3.8) is 0 Å². The summed E-state index contributed by atoms with van der Waals surface area (Å²) >= 11 is 0. The number of aromatic nitrogens is 5. The van der Waals surface area contributed by atoms with Crippen molar-refractivity contribution in [1.29, 1.82) is 0 Å². The lowest BCUT2D eigenvalue weighted by Crippen LogP contribution is -2.32. The second-order valence-corrected chi connectivity index (χ2v) is 9.61. The van der Waals surface area contributed by atoms with Crippen LogP contribution in [0.25, 0.3) is 10.9 Å². The third-order valence-electron chi connectivity index (χ3n) is 6.98. The Morgan fingerprint density at radius 2 is 1.76 bits per heavy atom. The van der Waals surface area contributed by atoms with E-state index in [1.165, 1.54) is 17.7 Å². The van der Waals surface area contributed by atoms with E-state index in [0.29, 0.717) is 25.2 Å². The topological polar surface area (TPSA) is 79.7 Å². The van der Waals surface area contributed by atoms with Crippen molar-refractivity contribution >= 4 is 10.9 Å². The van der Waals surface area contributed by atoms with Gasteiger partial charge in [-0.05, 0) is 70.5 Å². The van der Waals surface area contributed by atoms with Gasteiger partial charge in [-0.15, -0.1) is 5.10 Å². The zero-order valence-corrected chi connectivity index (χ0v) is 21.6. The summed E-state index contributed by atoms with van der Waals surface area (Å²) in [4.78, 5) is 18.4. The highest BCUT2D eigenvalue weighted by Crippen LogP contribution is 2.27. The fourth-order valence-corrected chi connectivity index (χ4v) is 4.96. The number of benzene rings is 3. The maximum Gasteiger partial charge on any atom is 0.252 e. The van der Waals surface area contributed by atoms with E-state index in [-0.39, 0.29) is 17.4 Å². The van der Waals surface area contributed by atoms with E-state index in [4.69, 9.17) is 0 Å². The van der Waals surface area contributed by atoms with Crippen LogP contribution in [0.3, 0.4) is 0 Å². The molecule has 0 bridgehead atoms. The lowest BCUT2D eigenvalue weighted by atomic mass is 10.1. The molecule has 7 nitrogen and oxygen atoms in total. The molecule has 0 radical (unpaired) electrons. The highest BCUT2D eigenvalue weighted by Gasteiger charge is 2.26. The first-order valence-electron chi connectivity index (χ1n) is 12.9. The number of fused-ring (bicyclic) bond motifs is 1. The van der Waals surface area contributed by atoms with Crippen molar-refractivity contribution in [1.82, 2.24) is 30.1 Å². The number of para-hydroxylation sites is 1. The first-order valence-corrected chi connectivity index (χ1v) is 12.9. The summed E-state index contributed by atoms with van der Waals surface area (Å²) in [6.45, 7) is 5.62. The van der Waals surface area contributed by atoms with Crippen LogP contribution in [-0.4, -0.2) is 30.1 Å². The minimum atomic E-state index is -0.279. The quantitative estimate of drug-likeness (QED) is 0.274. The second-order valence-electron chi connectivity index (χ2n) is 9.61. The SMILES string of the molecule is CC[C@@H](c1nnnn1CCc1ccccc1)N(Cc1ccc(F)cc1)Cc1cc2cccc(C)c2[nH]c1=O. The molecular formula is C30H31FN6O. The molecule has 194 valence electrons. The maximum atomic E-state index is 13.6. The van der Waals surface area contributed by atoms with Gasteiger partial charge in [0.1, 0.15) is 5.82 Å². The number of hydrogen-bond donors (Lipinski definition) is 1. The molecule has 8 heteroatoms. The number of pyridine rings is 1. The molecule has 0 aliphatic carbocycles. The van der Waals surface area contributed by atoms with E-state index >= 15 is 0 Å². The summed E-state index contributed by atoms with van der Waals surface area (Å²) in [6, 6.07) is 24.5. The molecule has 5 aromatic rings. The lowest BCUT2D eigenvalue weighted by molar-refractivity contribution is 0.160. The summed E-state index contributed by atoms with van der Waals surface area (Å²) in [5, 5.41) is 13.7. The second kappa shape index (κ2) is 11.5.